The highest BCUT2D eigenvalue weighted by molar-refractivity contribution is 9.10. The third-order valence-corrected chi connectivity index (χ3v) is 4.26. The second-order valence-electron chi connectivity index (χ2n) is 5.39. The number of carbonyl (C=O) groups excluding carboxylic acids is 1. The summed E-state index contributed by atoms with van der Waals surface area (Å²) in [4.78, 5) is 14.6. The van der Waals surface area contributed by atoms with Gasteiger partial charge in [0.15, 0.2) is 0 Å². The average molecular weight is 432 g/mol. The minimum Gasteiger partial charge on any atom is -0.492 e. The molecule has 25 heavy (non-hydrogen) atoms. The van der Waals surface area contributed by atoms with E-state index in [1.807, 2.05) is 44.4 Å². The number of hydrogen-bond acceptors (Lipinski definition) is 4. The van der Waals surface area contributed by atoms with E-state index in [-0.39, 0.29) is 18.3 Å². The fourth-order valence-corrected chi connectivity index (χ4v) is 2.70. The Morgan fingerprint density at radius 2 is 2.08 bits per heavy atom. The number of nitrogens with zero attached hydrogens (tertiary/aromatic N) is 3. The summed E-state index contributed by atoms with van der Waals surface area (Å²) >= 11 is 3.39. The van der Waals surface area contributed by atoms with Gasteiger partial charge in [-0.3, -0.25) is 9.48 Å². The molecule has 0 aliphatic heterocycles. The molecule has 1 amide bonds. The molecule has 8 heteroatoms. The lowest BCUT2D eigenvalue weighted by atomic mass is 10.1. The van der Waals surface area contributed by atoms with Gasteiger partial charge >= 0.3 is 0 Å². The van der Waals surface area contributed by atoms with Crippen LogP contribution in [0.25, 0.3) is 0 Å². The van der Waals surface area contributed by atoms with Gasteiger partial charge in [0.25, 0.3) is 0 Å². The molecule has 2 rings (SSSR count). The molecule has 0 aliphatic rings. The van der Waals surface area contributed by atoms with Crippen molar-refractivity contribution in [2.24, 2.45) is 7.05 Å². The molecule has 0 bridgehead atoms. The number of halogens is 2. The molecule has 0 aliphatic carbocycles. The van der Waals surface area contributed by atoms with E-state index in [1.165, 1.54) is 0 Å². The Balaban J connectivity index is 0.00000312. The summed E-state index contributed by atoms with van der Waals surface area (Å²) in [5, 5.41) is 7.21. The molecule has 1 heterocycles. The maximum absolute atomic E-state index is 12.8. The van der Waals surface area contributed by atoms with Gasteiger partial charge in [-0.05, 0) is 38.2 Å². The van der Waals surface area contributed by atoms with Gasteiger partial charge in [-0.25, -0.2) is 0 Å². The molecule has 1 N–H and O–H groups in total. The number of ether oxygens (including phenoxy) is 1. The van der Waals surface area contributed by atoms with E-state index in [0.29, 0.717) is 19.7 Å². The van der Waals surface area contributed by atoms with Crippen molar-refractivity contribution < 1.29 is 9.53 Å². The molecule has 6 nitrogen and oxygen atoms in total. The van der Waals surface area contributed by atoms with Crippen LogP contribution in [0.1, 0.15) is 18.5 Å². The van der Waals surface area contributed by atoms with Gasteiger partial charge in [-0.15, -0.1) is 12.4 Å². The maximum atomic E-state index is 12.8. The first kappa shape index (κ1) is 21.5. The summed E-state index contributed by atoms with van der Waals surface area (Å²) in [5.74, 6) is 0.812. The van der Waals surface area contributed by atoms with E-state index in [9.17, 15) is 4.79 Å². The van der Waals surface area contributed by atoms with Gasteiger partial charge < -0.3 is 15.0 Å². The average Bonchev–Trinajstić information content (AvgIpc) is 3.00. The van der Waals surface area contributed by atoms with Crippen LogP contribution in [0.5, 0.6) is 5.75 Å². The summed E-state index contributed by atoms with van der Waals surface area (Å²) in [6.07, 6.45) is 3.57. The van der Waals surface area contributed by atoms with Crippen LogP contribution in [0.3, 0.4) is 0 Å². The summed E-state index contributed by atoms with van der Waals surface area (Å²) in [6, 6.07) is 7.25. The highest BCUT2D eigenvalue weighted by Crippen LogP contribution is 2.17. The third-order valence-electron chi connectivity index (χ3n) is 3.73. The Hall–Kier alpha value is -1.57. The summed E-state index contributed by atoms with van der Waals surface area (Å²) < 4.78 is 8.42. The zero-order chi connectivity index (χ0) is 17.5. The number of carbonyl (C=O) groups is 1. The van der Waals surface area contributed by atoms with Crippen LogP contribution in [0.2, 0.25) is 0 Å². The normalized spacial score (nSPS) is 11.5. The van der Waals surface area contributed by atoms with Crippen LogP contribution in [0.15, 0.2) is 41.1 Å². The lowest BCUT2D eigenvalue weighted by molar-refractivity contribution is -0.133. The Bertz CT molecular complexity index is 663. The highest BCUT2D eigenvalue weighted by atomic mass is 79.9. The number of rotatable bonds is 8. The van der Waals surface area contributed by atoms with Gasteiger partial charge in [0.1, 0.15) is 18.4 Å². The molecule has 0 spiro atoms. The molecule has 0 fully saturated rings. The first-order chi connectivity index (χ1) is 11.5. The Labute approximate surface area is 163 Å². The summed E-state index contributed by atoms with van der Waals surface area (Å²) in [5.41, 5.74) is 0.859. The minimum atomic E-state index is -0.397. The SMILES string of the molecule is CCN(CCOc1ccc(Br)cc1)C(=O)C(NC)c1cnn(C)c1.Cl. The van der Waals surface area contributed by atoms with Crippen molar-refractivity contribution in [2.75, 3.05) is 26.7 Å². The van der Waals surface area contributed by atoms with E-state index < -0.39 is 6.04 Å². The van der Waals surface area contributed by atoms with Gasteiger partial charge in [0, 0.05) is 29.8 Å². The number of benzene rings is 1. The number of aromatic nitrogens is 2. The van der Waals surface area contributed by atoms with Gasteiger partial charge in [-0.1, -0.05) is 15.9 Å². The molecular weight excluding hydrogens is 408 g/mol. The largest absolute Gasteiger partial charge is 0.492 e. The second kappa shape index (κ2) is 10.4. The number of amides is 1. The van der Waals surface area contributed by atoms with Crippen molar-refractivity contribution in [3.63, 3.8) is 0 Å². The molecule has 0 saturated heterocycles. The number of aryl methyl sites for hydroxylation is 1. The van der Waals surface area contributed by atoms with Crippen molar-refractivity contribution in [2.45, 2.75) is 13.0 Å². The van der Waals surface area contributed by atoms with E-state index in [4.69, 9.17) is 4.74 Å². The summed E-state index contributed by atoms with van der Waals surface area (Å²) in [7, 11) is 3.62. The molecule has 1 unspecified atom stereocenters. The van der Waals surface area contributed by atoms with Gasteiger partial charge in [-0.2, -0.15) is 5.10 Å². The zero-order valence-electron chi connectivity index (χ0n) is 14.6. The highest BCUT2D eigenvalue weighted by Gasteiger charge is 2.24. The molecule has 0 radical (unpaired) electrons. The molecule has 1 aromatic heterocycles. The van der Waals surface area contributed by atoms with Crippen molar-refractivity contribution in [3.05, 3.63) is 46.7 Å². The molecular formula is C17H24BrClN4O2. The topological polar surface area (TPSA) is 59.4 Å². The van der Waals surface area contributed by atoms with Crippen LogP contribution in [0, 0.1) is 0 Å². The predicted octanol–water partition coefficient (Wildman–Crippen LogP) is 2.79. The van der Waals surface area contributed by atoms with Gasteiger partial charge in [0.2, 0.25) is 5.91 Å². The fourth-order valence-electron chi connectivity index (χ4n) is 2.43. The zero-order valence-corrected chi connectivity index (χ0v) is 17.0. The first-order valence-corrected chi connectivity index (χ1v) is 8.67. The van der Waals surface area contributed by atoms with E-state index >= 15 is 0 Å². The van der Waals surface area contributed by atoms with Crippen LogP contribution in [-0.2, 0) is 11.8 Å². The Morgan fingerprint density at radius 3 is 2.60 bits per heavy atom. The Morgan fingerprint density at radius 1 is 1.40 bits per heavy atom. The van der Waals surface area contributed by atoms with E-state index in [1.54, 1.807) is 22.8 Å². The van der Waals surface area contributed by atoms with Crippen molar-refractivity contribution in [1.82, 2.24) is 20.0 Å². The standard InChI is InChI=1S/C17H23BrN4O2.ClH/c1-4-22(9-10-24-15-7-5-14(18)6-8-15)17(23)16(19-2)13-11-20-21(3)12-13;/h5-8,11-12,16,19H,4,9-10H2,1-3H3;1H. The van der Waals surface area contributed by atoms with Gasteiger partial charge in [0.05, 0.1) is 12.7 Å². The van der Waals surface area contributed by atoms with Crippen LogP contribution in [-0.4, -0.2) is 47.3 Å². The van der Waals surface area contributed by atoms with Crippen LogP contribution < -0.4 is 10.1 Å². The first-order valence-electron chi connectivity index (χ1n) is 7.88. The maximum Gasteiger partial charge on any atom is 0.244 e. The Kier molecular flexibility index (Phi) is 8.96. The second-order valence-corrected chi connectivity index (χ2v) is 6.30. The molecule has 1 atom stereocenters. The smallest absolute Gasteiger partial charge is 0.244 e. The fraction of sp³-hybridized carbons (Fsp3) is 0.412. The van der Waals surface area contributed by atoms with E-state index in [2.05, 4.69) is 26.3 Å². The lowest BCUT2D eigenvalue weighted by Crippen LogP contribution is -2.41. The summed E-state index contributed by atoms with van der Waals surface area (Å²) in [6.45, 7) is 3.57. The lowest BCUT2D eigenvalue weighted by Gasteiger charge is -2.25. The van der Waals surface area contributed by atoms with E-state index in [0.717, 1.165) is 15.8 Å². The number of nitrogens with one attached hydrogen (secondary N) is 1. The quantitative estimate of drug-likeness (QED) is 0.698. The molecule has 0 saturated carbocycles. The molecule has 2 aromatic rings. The monoisotopic (exact) mass is 430 g/mol. The van der Waals surface area contributed by atoms with Crippen molar-refractivity contribution in [3.8, 4) is 5.75 Å². The van der Waals surface area contributed by atoms with Crippen molar-refractivity contribution in [1.29, 1.82) is 0 Å². The van der Waals surface area contributed by atoms with Crippen LogP contribution >= 0.6 is 28.3 Å². The third kappa shape index (κ3) is 6.02. The van der Waals surface area contributed by atoms with Crippen molar-refractivity contribution >= 4 is 34.2 Å². The number of likely N-dealkylation sites (N-methyl/N-ethyl adjacent to an activating group) is 2. The minimum absolute atomic E-state index is 0. The predicted molar refractivity (Wildman–Crippen MR) is 104 cm³/mol. The van der Waals surface area contributed by atoms with Crippen LogP contribution in [0.4, 0.5) is 0 Å². The molecule has 138 valence electrons. The number of hydrogen-bond donors (Lipinski definition) is 1. The molecule has 1 aromatic carbocycles.